The number of hydrogen-bond donors (Lipinski definition) is 0. The van der Waals surface area contributed by atoms with Crippen LogP contribution in [0.1, 0.15) is 25.3 Å². The van der Waals surface area contributed by atoms with E-state index in [-0.39, 0.29) is 5.91 Å². The van der Waals surface area contributed by atoms with Crippen LogP contribution in [0.15, 0.2) is 24.3 Å². The third-order valence-electron chi connectivity index (χ3n) is 3.59. The second kappa shape index (κ2) is 7.65. The topological polar surface area (TPSA) is 29.5 Å². The van der Waals surface area contributed by atoms with Crippen LogP contribution in [-0.4, -0.2) is 37.1 Å². The molecule has 0 bridgehead atoms. The highest BCUT2D eigenvalue weighted by molar-refractivity contribution is 6.30. The Labute approximate surface area is 125 Å². The van der Waals surface area contributed by atoms with E-state index in [1.807, 2.05) is 29.2 Å². The molecular formula is C16H22ClNO2. The third kappa shape index (κ3) is 4.50. The van der Waals surface area contributed by atoms with Crippen molar-refractivity contribution in [3.63, 3.8) is 0 Å². The summed E-state index contributed by atoms with van der Waals surface area (Å²) in [6.07, 6.45) is 2.47. The summed E-state index contributed by atoms with van der Waals surface area (Å²) in [5, 5.41) is 0.682. The highest BCUT2D eigenvalue weighted by Crippen LogP contribution is 2.16. The fourth-order valence-electron chi connectivity index (χ4n) is 2.56. The lowest BCUT2D eigenvalue weighted by molar-refractivity contribution is -0.131. The number of rotatable bonds is 6. The van der Waals surface area contributed by atoms with Crippen LogP contribution in [0, 0.1) is 5.92 Å². The van der Waals surface area contributed by atoms with Gasteiger partial charge in [-0.2, -0.15) is 0 Å². The molecule has 0 radical (unpaired) electrons. The fourth-order valence-corrected chi connectivity index (χ4v) is 2.77. The summed E-state index contributed by atoms with van der Waals surface area (Å²) in [6, 6.07) is 7.53. The summed E-state index contributed by atoms with van der Waals surface area (Å²) >= 11 is 5.97. The molecule has 110 valence electrons. The van der Waals surface area contributed by atoms with Crippen molar-refractivity contribution in [3.05, 3.63) is 34.9 Å². The number of halogens is 1. The molecule has 0 spiro atoms. The number of carbonyl (C=O) groups excluding carboxylic acids is 1. The molecule has 1 aliphatic heterocycles. The van der Waals surface area contributed by atoms with Gasteiger partial charge in [0.05, 0.1) is 13.0 Å². The number of carbonyl (C=O) groups is 1. The second-order valence-corrected chi connectivity index (χ2v) is 5.81. The van der Waals surface area contributed by atoms with Gasteiger partial charge >= 0.3 is 0 Å². The van der Waals surface area contributed by atoms with Gasteiger partial charge in [-0.3, -0.25) is 4.79 Å². The third-order valence-corrected chi connectivity index (χ3v) is 3.83. The molecule has 0 N–H and O–H groups in total. The molecule has 1 atom stereocenters. The van der Waals surface area contributed by atoms with Gasteiger partial charge in [0.1, 0.15) is 0 Å². The highest BCUT2D eigenvalue weighted by Gasteiger charge is 2.22. The highest BCUT2D eigenvalue weighted by atomic mass is 35.5. The van der Waals surface area contributed by atoms with Crippen molar-refractivity contribution < 1.29 is 9.53 Å². The van der Waals surface area contributed by atoms with Gasteiger partial charge < -0.3 is 9.64 Å². The van der Waals surface area contributed by atoms with Crippen LogP contribution in [0.3, 0.4) is 0 Å². The summed E-state index contributed by atoms with van der Waals surface area (Å²) in [4.78, 5) is 14.4. The first-order valence-corrected chi connectivity index (χ1v) is 7.66. The first kappa shape index (κ1) is 15.3. The Balaban J connectivity index is 1.95. The van der Waals surface area contributed by atoms with Crippen LogP contribution in [0.25, 0.3) is 0 Å². The Kier molecular flexibility index (Phi) is 5.86. The van der Waals surface area contributed by atoms with E-state index in [9.17, 15) is 4.79 Å². The Bertz CT molecular complexity index is 444. The summed E-state index contributed by atoms with van der Waals surface area (Å²) in [6.45, 7) is 5.34. The smallest absolute Gasteiger partial charge is 0.227 e. The van der Waals surface area contributed by atoms with Gasteiger partial charge in [0, 0.05) is 30.6 Å². The van der Waals surface area contributed by atoms with Crippen molar-refractivity contribution in [2.75, 3.05) is 26.3 Å². The van der Waals surface area contributed by atoms with Crippen LogP contribution in [0.5, 0.6) is 0 Å². The van der Waals surface area contributed by atoms with Gasteiger partial charge in [-0.1, -0.05) is 30.7 Å². The quantitative estimate of drug-likeness (QED) is 0.807. The van der Waals surface area contributed by atoms with Gasteiger partial charge in [-0.05, 0) is 30.5 Å². The lowest BCUT2D eigenvalue weighted by Crippen LogP contribution is -2.37. The average molecular weight is 296 g/mol. The molecule has 1 heterocycles. The molecule has 1 aromatic carbocycles. The van der Waals surface area contributed by atoms with E-state index in [0.29, 0.717) is 17.4 Å². The largest absolute Gasteiger partial charge is 0.381 e. The van der Waals surface area contributed by atoms with E-state index in [2.05, 4.69) is 6.92 Å². The van der Waals surface area contributed by atoms with E-state index >= 15 is 0 Å². The van der Waals surface area contributed by atoms with Gasteiger partial charge in [0.2, 0.25) is 5.91 Å². The Morgan fingerprint density at radius 2 is 2.35 bits per heavy atom. The lowest BCUT2D eigenvalue weighted by atomic mass is 10.1. The Morgan fingerprint density at radius 3 is 3.00 bits per heavy atom. The summed E-state index contributed by atoms with van der Waals surface area (Å²) < 4.78 is 5.39. The van der Waals surface area contributed by atoms with E-state index in [0.717, 1.165) is 44.7 Å². The Morgan fingerprint density at radius 1 is 1.50 bits per heavy atom. The average Bonchev–Trinajstić information content (AvgIpc) is 2.91. The molecule has 0 aromatic heterocycles. The SMILES string of the molecule is CCCN(CC1CCOC1)C(=O)Cc1cccc(Cl)c1. The van der Waals surface area contributed by atoms with Gasteiger partial charge in [0.15, 0.2) is 0 Å². The zero-order valence-corrected chi connectivity index (χ0v) is 12.7. The normalized spacial score (nSPS) is 18.2. The first-order chi connectivity index (χ1) is 9.69. The molecule has 4 heteroatoms. The van der Waals surface area contributed by atoms with Crippen LogP contribution >= 0.6 is 11.6 Å². The zero-order chi connectivity index (χ0) is 14.4. The summed E-state index contributed by atoms with van der Waals surface area (Å²) in [5.74, 6) is 0.672. The van der Waals surface area contributed by atoms with Crippen molar-refractivity contribution in [3.8, 4) is 0 Å². The minimum absolute atomic E-state index is 0.181. The van der Waals surface area contributed by atoms with Crippen molar-refractivity contribution in [1.29, 1.82) is 0 Å². The zero-order valence-electron chi connectivity index (χ0n) is 12.0. The maximum Gasteiger partial charge on any atom is 0.227 e. The molecular weight excluding hydrogens is 274 g/mol. The van der Waals surface area contributed by atoms with Crippen LogP contribution in [0.2, 0.25) is 5.02 Å². The minimum atomic E-state index is 0.181. The van der Waals surface area contributed by atoms with Crippen LogP contribution < -0.4 is 0 Å². The van der Waals surface area contributed by atoms with E-state index in [4.69, 9.17) is 16.3 Å². The van der Waals surface area contributed by atoms with Gasteiger partial charge in [-0.15, -0.1) is 0 Å². The van der Waals surface area contributed by atoms with Gasteiger partial charge in [-0.25, -0.2) is 0 Å². The monoisotopic (exact) mass is 295 g/mol. The number of ether oxygens (including phenoxy) is 1. The number of benzene rings is 1. The minimum Gasteiger partial charge on any atom is -0.381 e. The van der Waals surface area contributed by atoms with Crippen LogP contribution in [0.4, 0.5) is 0 Å². The molecule has 1 saturated heterocycles. The maximum absolute atomic E-state index is 12.4. The summed E-state index contributed by atoms with van der Waals surface area (Å²) in [7, 11) is 0. The van der Waals surface area contributed by atoms with Crippen molar-refractivity contribution in [1.82, 2.24) is 4.90 Å². The molecule has 3 nitrogen and oxygen atoms in total. The van der Waals surface area contributed by atoms with E-state index in [1.165, 1.54) is 0 Å². The predicted molar refractivity (Wildman–Crippen MR) is 81.0 cm³/mol. The number of hydrogen-bond acceptors (Lipinski definition) is 2. The number of amides is 1. The molecule has 1 aromatic rings. The fraction of sp³-hybridized carbons (Fsp3) is 0.562. The van der Waals surface area contributed by atoms with E-state index < -0.39 is 0 Å². The first-order valence-electron chi connectivity index (χ1n) is 7.29. The van der Waals surface area contributed by atoms with Crippen LogP contribution in [-0.2, 0) is 16.0 Å². The maximum atomic E-state index is 12.4. The molecule has 1 aliphatic rings. The molecule has 0 saturated carbocycles. The standard InChI is InChI=1S/C16H22ClNO2/c1-2-7-18(11-14-6-8-20-12-14)16(19)10-13-4-3-5-15(17)9-13/h3-5,9,14H,2,6-8,10-12H2,1H3. The molecule has 1 unspecified atom stereocenters. The lowest BCUT2D eigenvalue weighted by Gasteiger charge is -2.25. The molecule has 20 heavy (non-hydrogen) atoms. The predicted octanol–water partition coefficient (Wildman–Crippen LogP) is 3.16. The molecule has 0 aliphatic carbocycles. The van der Waals surface area contributed by atoms with Crippen molar-refractivity contribution >= 4 is 17.5 Å². The molecule has 1 fully saturated rings. The molecule has 1 amide bonds. The van der Waals surface area contributed by atoms with E-state index in [1.54, 1.807) is 0 Å². The molecule has 2 rings (SSSR count). The Hall–Kier alpha value is -1.06. The van der Waals surface area contributed by atoms with Gasteiger partial charge in [0.25, 0.3) is 0 Å². The van der Waals surface area contributed by atoms with Crippen molar-refractivity contribution in [2.24, 2.45) is 5.92 Å². The summed E-state index contributed by atoms with van der Waals surface area (Å²) in [5.41, 5.74) is 0.978. The van der Waals surface area contributed by atoms with Crippen molar-refractivity contribution in [2.45, 2.75) is 26.2 Å². The number of nitrogens with zero attached hydrogens (tertiary/aromatic N) is 1. The second-order valence-electron chi connectivity index (χ2n) is 5.38.